The van der Waals surface area contributed by atoms with Gasteiger partial charge in [-0.05, 0) is 42.5 Å². The van der Waals surface area contributed by atoms with Gasteiger partial charge in [0.1, 0.15) is 18.2 Å². The van der Waals surface area contributed by atoms with Gasteiger partial charge in [0, 0.05) is 25.8 Å². The van der Waals surface area contributed by atoms with E-state index in [0.717, 1.165) is 12.1 Å². The minimum atomic E-state index is -0.522. The summed E-state index contributed by atoms with van der Waals surface area (Å²) in [6, 6.07) is 10.4. The number of halogens is 2. The molecule has 27 heavy (non-hydrogen) atoms. The number of carbonyl (C=O) groups excluding carboxylic acids is 2. The zero-order valence-corrected chi connectivity index (χ0v) is 15.5. The summed E-state index contributed by atoms with van der Waals surface area (Å²) >= 11 is 5.83. The van der Waals surface area contributed by atoms with E-state index in [2.05, 4.69) is 10.6 Å². The molecule has 0 atom stereocenters. The van der Waals surface area contributed by atoms with Crippen LogP contribution in [0.15, 0.2) is 42.5 Å². The fourth-order valence-corrected chi connectivity index (χ4v) is 2.41. The summed E-state index contributed by atoms with van der Waals surface area (Å²) in [4.78, 5) is 23.9. The van der Waals surface area contributed by atoms with Gasteiger partial charge in [0.05, 0.1) is 17.2 Å². The fourth-order valence-electron chi connectivity index (χ4n) is 2.16. The predicted molar refractivity (Wildman–Crippen MR) is 101 cm³/mol. The van der Waals surface area contributed by atoms with Crippen LogP contribution in [-0.4, -0.2) is 38.7 Å². The van der Waals surface area contributed by atoms with Gasteiger partial charge in [-0.3, -0.25) is 9.59 Å². The lowest BCUT2D eigenvalue weighted by molar-refractivity contribution is -0.116. The SMILES string of the molecule is COCCOc1ccc(NC(=O)CCNC(=O)c2ccc(F)cc2Cl)cc1. The molecule has 2 aromatic rings. The highest BCUT2D eigenvalue weighted by molar-refractivity contribution is 6.33. The van der Waals surface area contributed by atoms with Gasteiger partial charge >= 0.3 is 0 Å². The van der Waals surface area contributed by atoms with E-state index in [1.54, 1.807) is 31.4 Å². The first-order valence-corrected chi connectivity index (χ1v) is 8.62. The zero-order valence-electron chi connectivity index (χ0n) is 14.8. The predicted octanol–water partition coefficient (Wildman–Crippen LogP) is 3.26. The number of carbonyl (C=O) groups is 2. The minimum Gasteiger partial charge on any atom is -0.491 e. The zero-order chi connectivity index (χ0) is 19.6. The number of nitrogens with one attached hydrogen (secondary N) is 2. The average Bonchev–Trinajstić information content (AvgIpc) is 2.63. The maximum absolute atomic E-state index is 13.0. The largest absolute Gasteiger partial charge is 0.491 e. The number of benzene rings is 2. The summed E-state index contributed by atoms with van der Waals surface area (Å²) in [5.41, 5.74) is 0.773. The molecule has 0 aliphatic heterocycles. The second-order valence-electron chi connectivity index (χ2n) is 5.54. The first-order valence-electron chi connectivity index (χ1n) is 8.24. The number of hydrogen-bond acceptors (Lipinski definition) is 4. The van der Waals surface area contributed by atoms with Crippen molar-refractivity contribution in [1.82, 2.24) is 5.32 Å². The standard InChI is InChI=1S/C19H20ClFN2O4/c1-26-10-11-27-15-5-3-14(4-6-15)23-18(24)8-9-22-19(25)16-7-2-13(21)12-17(16)20/h2-7,12H,8-11H2,1H3,(H,22,25)(H,23,24). The van der Waals surface area contributed by atoms with Gasteiger partial charge in [-0.15, -0.1) is 0 Å². The molecule has 6 nitrogen and oxygen atoms in total. The molecule has 8 heteroatoms. The lowest BCUT2D eigenvalue weighted by atomic mass is 10.2. The third-order valence-corrected chi connectivity index (χ3v) is 3.82. The Labute approximate surface area is 161 Å². The lowest BCUT2D eigenvalue weighted by Crippen LogP contribution is -2.27. The molecule has 0 aliphatic carbocycles. The molecule has 2 rings (SSSR count). The molecule has 0 aromatic heterocycles. The van der Waals surface area contributed by atoms with Crippen molar-refractivity contribution in [3.8, 4) is 5.75 Å². The molecule has 0 bridgehead atoms. The van der Waals surface area contributed by atoms with Gasteiger partial charge in [0.2, 0.25) is 5.91 Å². The van der Waals surface area contributed by atoms with Gasteiger partial charge in [0.25, 0.3) is 5.91 Å². The average molecular weight is 395 g/mol. The monoisotopic (exact) mass is 394 g/mol. The summed E-state index contributed by atoms with van der Waals surface area (Å²) in [6.07, 6.45) is 0.0800. The Hall–Kier alpha value is -2.64. The maximum Gasteiger partial charge on any atom is 0.252 e. The van der Waals surface area contributed by atoms with E-state index < -0.39 is 11.7 Å². The molecule has 0 fully saturated rings. The Morgan fingerprint density at radius 2 is 1.85 bits per heavy atom. The summed E-state index contributed by atoms with van der Waals surface area (Å²) in [5, 5.41) is 5.32. The van der Waals surface area contributed by atoms with Crippen molar-refractivity contribution in [2.45, 2.75) is 6.42 Å². The van der Waals surface area contributed by atoms with E-state index in [1.165, 1.54) is 6.07 Å². The van der Waals surface area contributed by atoms with Crippen molar-refractivity contribution in [2.24, 2.45) is 0 Å². The summed E-state index contributed by atoms with van der Waals surface area (Å²) in [5.74, 6) is -0.571. The van der Waals surface area contributed by atoms with E-state index in [4.69, 9.17) is 21.1 Å². The molecular weight excluding hydrogens is 375 g/mol. The van der Waals surface area contributed by atoms with Crippen molar-refractivity contribution in [2.75, 3.05) is 32.2 Å². The number of hydrogen-bond donors (Lipinski definition) is 2. The molecule has 0 heterocycles. The summed E-state index contributed by atoms with van der Waals surface area (Å²) in [6.45, 7) is 1.06. The molecule has 0 aliphatic rings. The normalized spacial score (nSPS) is 10.3. The smallest absolute Gasteiger partial charge is 0.252 e. The van der Waals surface area contributed by atoms with E-state index >= 15 is 0 Å². The molecular formula is C19H20ClFN2O4. The molecule has 2 N–H and O–H groups in total. The molecule has 2 amide bonds. The van der Waals surface area contributed by atoms with Crippen LogP contribution in [0.4, 0.5) is 10.1 Å². The van der Waals surface area contributed by atoms with Crippen molar-refractivity contribution < 1.29 is 23.5 Å². The van der Waals surface area contributed by atoms with Crippen molar-refractivity contribution >= 4 is 29.1 Å². The highest BCUT2D eigenvalue weighted by Crippen LogP contribution is 2.17. The third-order valence-electron chi connectivity index (χ3n) is 3.51. The molecule has 0 saturated carbocycles. The van der Waals surface area contributed by atoms with Gasteiger partial charge in [-0.25, -0.2) is 4.39 Å². The van der Waals surface area contributed by atoms with Gasteiger partial charge in [0.15, 0.2) is 0 Å². The topological polar surface area (TPSA) is 76.7 Å². The second kappa shape index (κ2) is 10.5. The minimum absolute atomic E-state index is 0.0183. The van der Waals surface area contributed by atoms with Crippen LogP contribution < -0.4 is 15.4 Å². The second-order valence-corrected chi connectivity index (χ2v) is 5.95. The Balaban J connectivity index is 1.75. The number of anilines is 1. The molecule has 0 spiro atoms. The Morgan fingerprint density at radius 3 is 2.52 bits per heavy atom. The van der Waals surface area contributed by atoms with E-state index in [-0.39, 0.29) is 29.5 Å². The Bertz CT molecular complexity index is 784. The van der Waals surface area contributed by atoms with Crippen molar-refractivity contribution in [1.29, 1.82) is 0 Å². The highest BCUT2D eigenvalue weighted by Gasteiger charge is 2.11. The molecule has 2 aromatic carbocycles. The maximum atomic E-state index is 13.0. The van der Waals surface area contributed by atoms with Crippen LogP contribution in [0.5, 0.6) is 5.75 Å². The molecule has 0 saturated heterocycles. The highest BCUT2D eigenvalue weighted by atomic mass is 35.5. The van der Waals surface area contributed by atoms with Crippen LogP contribution in [-0.2, 0) is 9.53 Å². The molecule has 0 radical (unpaired) electrons. The third kappa shape index (κ3) is 6.88. The molecule has 144 valence electrons. The van der Waals surface area contributed by atoms with Crippen LogP contribution in [0, 0.1) is 5.82 Å². The van der Waals surface area contributed by atoms with Crippen LogP contribution in [0.3, 0.4) is 0 Å². The van der Waals surface area contributed by atoms with Crippen LogP contribution >= 0.6 is 11.6 Å². The Kier molecular flexibility index (Phi) is 8.03. The van der Waals surface area contributed by atoms with Crippen LogP contribution in [0.25, 0.3) is 0 Å². The number of ether oxygens (including phenoxy) is 2. The van der Waals surface area contributed by atoms with Crippen LogP contribution in [0.2, 0.25) is 5.02 Å². The van der Waals surface area contributed by atoms with Crippen LogP contribution in [0.1, 0.15) is 16.8 Å². The molecule has 0 unspecified atom stereocenters. The summed E-state index contributed by atoms with van der Waals surface area (Å²) in [7, 11) is 1.60. The van der Waals surface area contributed by atoms with Gasteiger partial charge in [-0.1, -0.05) is 11.6 Å². The first-order chi connectivity index (χ1) is 13.0. The van der Waals surface area contributed by atoms with E-state index in [0.29, 0.717) is 24.7 Å². The first kappa shape index (κ1) is 20.7. The number of methoxy groups -OCH3 is 1. The summed E-state index contributed by atoms with van der Waals surface area (Å²) < 4.78 is 23.3. The lowest BCUT2D eigenvalue weighted by Gasteiger charge is -2.09. The van der Waals surface area contributed by atoms with Crippen molar-refractivity contribution in [3.63, 3.8) is 0 Å². The number of amides is 2. The fraction of sp³-hybridized carbons (Fsp3) is 0.263. The number of rotatable bonds is 9. The Morgan fingerprint density at radius 1 is 1.11 bits per heavy atom. The van der Waals surface area contributed by atoms with E-state index in [1.807, 2.05) is 0 Å². The van der Waals surface area contributed by atoms with Gasteiger partial charge < -0.3 is 20.1 Å². The van der Waals surface area contributed by atoms with Gasteiger partial charge in [-0.2, -0.15) is 0 Å². The van der Waals surface area contributed by atoms with E-state index in [9.17, 15) is 14.0 Å². The quantitative estimate of drug-likeness (QED) is 0.640. The van der Waals surface area contributed by atoms with Crippen molar-refractivity contribution in [3.05, 3.63) is 58.9 Å².